The van der Waals surface area contributed by atoms with Gasteiger partial charge < -0.3 is 5.73 Å². The zero-order valence-electron chi connectivity index (χ0n) is 11.5. The van der Waals surface area contributed by atoms with Gasteiger partial charge >= 0.3 is 0 Å². The maximum Gasteiger partial charge on any atom is 0.00415 e. The molecule has 0 radical (unpaired) electrons. The van der Waals surface area contributed by atoms with E-state index in [1.54, 1.807) is 0 Å². The Balaban J connectivity index is 1.61. The Morgan fingerprint density at radius 1 is 1.06 bits per heavy atom. The van der Waals surface area contributed by atoms with Crippen LogP contribution in [0.3, 0.4) is 0 Å². The first-order valence-electron chi connectivity index (χ1n) is 7.64. The van der Waals surface area contributed by atoms with E-state index in [1.807, 2.05) is 0 Å². The van der Waals surface area contributed by atoms with Crippen LogP contribution in [0.4, 0.5) is 0 Å². The molecule has 18 heavy (non-hydrogen) atoms. The largest absolute Gasteiger partial charge is 0.328 e. The lowest BCUT2D eigenvalue weighted by Crippen LogP contribution is -2.24. The van der Waals surface area contributed by atoms with Crippen LogP contribution in [0.25, 0.3) is 0 Å². The third kappa shape index (κ3) is 4.81. The molecule has 1 aliphatic carbocycles. The van der Waals surface area contributed by atoms with Crippen molar-refractivity contribution in [3.05, 3.63) is 35.9 Å². The van der Waals surface area contributed by atoms with Crippen molar-refractivity contribution in [1.82, 2.24) is 0 Å². The molecule has 1 unspecified atom stereocenters. The standard InChI is InChI=1S/C17H27N/c18-17(14-16-10-5-2-6-11-16)13-7-12-15-8-3-1-4-9-15/h1,3-4,8-9,16-17H,2,5-7,10-14,18H2. The molecule has 1 fully saturated rings. The Morgan fingerprint density at radius 2 is 1.78 bits per heavy atom. The topological polar surface area (TPSA) is 26.0 Å². The molecular formula is C17H27N. The van der Waals surface area contributed by atoms with Crippen LogP contribution in [0.15, 0.2) is 30.3 Å². The molecule has 0 aliphatic heterocycles. The molecule has 1 heteroatoms. The van der Waals surface area contributed by atoms with Crippen LogP contribution in [0.2, 0.25) is 0 Å². The van der Waals surface area contributed by atoms with E-state index in [2.05, 4.69) is 30.3 Å². The molecule has 0 spiro atoms. The fraction of sp³-hybridized carbons (Fsp3) is 0.647. The molecule has 1 aromatic carbocycles. The predicted octanol–water partition coefficient (Wildman–Crippen LogP) is 4.31. The molecule has 2 rings (SSSR count). The van der Waals surface area contributed by atoms with Crippen molar-refractivity contribution in [2.45, 2.75) is 63.8 Å². The van der Waals surface area contributed by atoms with Crippen molar-refractivity contribution in [1.29, 1.82) is 0 Å². The first-order chi connectivity index (χ1) is 8.84. The Morgan fingerprint density at radius 3 is 2.50 bits per heavy atom. The molecule has 1 aliphatic rings. The lowest BCUT2D eigenvalue weighted by molar-refractivity contribution is 0.311. The van der Waals surface area contributed by atoms with E-state index >= 15 is 0 Å². The fourth-order valence-corrected chi connectivity index (χ4v) is 3.18. The Bertz CT molecular complexity index is 314. The SMILES string of the molecule is NC(CCCc1ccccc1)CC1CCCCC1. The highest BCUT2D eigenvalue weighted by Crippen LogP contribution is 2.27. The first kappa shape index (κ1) is 13.6. The van der Waals surface area contributed by atoms with E-state index in [1.165, 1.54) is 63.4 Å². The number of aryl methyl sites for hydroxylation is 1. The van der Waals surface area contributed by atoms with Crippen LogP contribution < -0.4 is 5.73 Å². The highest BCUT2D eigenvalue weighted by molar-refractivity contribution is 5.14. The van der Waals surface area contributed by atoms with Gasteiger partial charge in [-0.2, -0.15) is 0 Å². The average molecular weight is 245 g/mol. The Kier molecular flexibility index (Phi) is 5.73. The Hall–Kier alpha value is -0.820. The van der Waals surface area contributed by atoms with E-state index in [4.69, 9.17) is 5.73 Å². The lowest BCUT2D eigenvalue weighted by atomic mass is 9.84. The summed E-state index contributed by atoms with van der Waals surface area (Å²) in [6.45, 7) is 0. The summed E-state index contributed by atoms with van der Waals surface area (Å²) < 4.78 is 0. The molecule has 0 bridgehead atoms. The smallest absolute Gasteiger partial charge is 0.00415 e. The van der Waals surface area contributed by atoms with Crippen LogP contribution in [-0.4, -0.2) is 6.04 Å². The second-order valence-corrected chi connectivity index (χ2v) is 5.88. The summed E-state index contributed by atoms with van der Waals surface area (Å²) in [5, 5.41) is 0. The molecular weight excluding hydrogens is 218 g/mol. The van der Waals surface area contributed by atoms with Gasteiger partial charge in [-0.3, -0.25) is 0 Å². The number of benzene rings is 1. The van der Waals surface area contributed by atoms with Gasteiger partial charge in [-0.15, -0.1) is 0 Å². The molecule has 100 valence electrons. The van der Waals surface area contributed by atoms with Gasteiger partial charge in [-0.1, -0.05) is 62.4 Å². The van der Waals surface area contributed by atoms with Crippen molar-refractivity contribution in [3.63, 3.8) is 0 Å². The first-order valence-corrected chi connectivity index (χ1v) is 7.64. The molecule has 0 aromatic heterocycles. The summed E-state index contributed by atoms with van der Waals surface area (Å²) >= 11 is 0. The van der Waals surface area contributed by atoms with Gasteiger partial charge in [0.05, 0.1) is 0 Å². The van der Waals surface area contributed by atoms with Crippen LogP contribution >= 0.6 is 0 Å². The monoisotopic (exact) mass is 245 g/mol. The van der Waals surface area contributed by atoms with Crippen LogP contribution in [-0.2, 0) is 6.42 Å². The molecule has 1 nitrogen and oxygen atoms in total. The molecule has 0 heterocycles. The van der Waals surface area contributed by atoms with Gasteiger partial charge in [0.25, 0.3) is 0 Å². The van der Waals surface area contributed by atoms with E-state index in [-0.39, 0.29) is 0 Å². The van der Waals surface area contributed by atoms with Crippen molar-refractivity contribution >= 4 is 0 Å². The zero-order chi connectivity index (χ0) is 12.6. The van der Waals surface area contributed by atoms with Gasteiger partial charge in [0.2, 0.25) is 0 Å². The minimum atomic E-state index is 0.428. The van der Waals surface area contributed by atoms with Crippen molar-refractivity contribution in [2.75, 3.05) is 0 Å². The molecule has 1 atom stereocenters. The second kappa shape index (κ2) is 7.58. The zero-order valence-corrected chi connectivity index (χ0v) is 11.5. The maximum absolute atomic E-state index is 6.27. The van der Waals surface area contributed by atoms with Crippen molar-refractivity contribution < 1.29 is 0 Å². The van der Waals surface area contributed by atoms with Crippen LogP contribution in [0.1, 0.15) is 56.9 Å². The number of rotatable bonds is 6. The Labute approximate surface area is 112 Å². The summed E-state index contributed by atoms with van der Waals surface area (Å²) in [5.74, 6) is 0.922. The third-order valence-electron chi connectivity index (χ3n) is 4.24. The van der Waals surface area contributed by atoms with E-state index in [9.17, 15) is 0 Å². The summed E-state index contributed by atoms with van der Waals surface area (Å²) in [4.78, 5) is 0. The fourth-order valence-electron chi connectivity index (χ4n) is 3.18. The highest BCUT2D eigenvalue weighted by atomic mass is 14.6. The number of hydrogen-bond donors (Lipinski definition) is 1. The number of nitrogens with two attached hydrogens (primary N) is 1. The van der Waals surface area contributed by atoms with Gasteiger partial charge in [-0.05, 0) is 37.2 Å². The summed E-state index contributed by atoms with van der Waals surface area (Å²) in [7, 11) is 0. The summed E-state index contributed by atoms with van der Waals surface area (Å²) in [6, 6.07) is 11.2. The minimum absolute atomic E-state index is 0.428. The van der Waals surface area contributed by atoms with E-state index in [0.29, 0.717) is 6.04 Å². The average Bonchev–Trinajstić information content (AvgIpc) is 2.41. The molecule has 2 N–H and O–H groups in total. The van der Waals surface area contributed by atoms with Gasteiger partial charge in [0.15, 0.2) is 0 Å². The third-order valence-corrected chi connectivity index (χ3v) is 4.24. The molecule has 1 saturated carbocycles. The van der Waals surface area contributed by atoms with Crippen LogP contribution in [0, 0.1) is 5.92 Å². The normalized spacial score (nSPS) is 18.7. The van der Waals surface area contributed by atoms with Gasteiger partial charge in [0, 0.05) is 6.04 Å². The predicted molar refractivity (Wildman–Crippen MR) is 78.5 cm³/mol. The maximum atomic E-state index is 6.27. The quantitative estimate of drug-likeness (QED) is 0.794. The molecule has 0 amide bonds. The molecule has 0 saturated heterocycles. The van der Waals surface area contributed by atoms with E-state index in [0.717, 1.165) is 5.92 Å². The van der Waals surface area contributed by atoms with Gasteiger partial charge in [0.1, 0.15) is 0 Å². The van der Waals surface area contributed by atoms with Crippen molar-refractivity contribution in [3.8, 4) is 0 Å². The minimum Gasteiger partial charge on any atom is -0.328 e. The molecule has 1 aromatic rings. The highest BCUT2D eigenvalue weighted by Gasteiger charge is 2.16. The van der Waals surface area contributed by atoms with Crippen LogP contribution in [0.5, 0.6) is 0 Å². The second-order valence-electron chi connectivity index (χ2n) is 5.88. The lowest BCUT2D eigenvalue weighted by Gasteiger charge is -2.24. The van der Waals surface area contributed by atoms with E-state index < -0.39 is 0 Å². The number of hydrogen-bond acceptors (Lipinski definition) is 1. The van der Waals surface area contributed by atoms with Gasteiger partial charge in [-0.25, -0.2) is 0 Å². The van der Waals surface area contributed by atoms with Crippen molar-refractivity contribution in [2.24, 2.45) is 11.7 Å². The summed E-state index contributed by atoms with van der Waals surface area (Å²) in [6.07, 6.45) is 12.0. The summed E-state index contributed by atoms with van der Waals surface area (Å²) in [5.41, 5.74) is 7.72.